The van der Waals surface area contributed by atoms with Crippen LogP contribution < -0.4 is 9.64 Å². The molecule has 188 valence electrons. The molecule has 0 aliphatic carbocycles. The summed E-state index contributed by atoms with van der Waals surface area (Å²) in [6.07, 6.45) is -6.73. The van der Waals surface area contributed by atoms with E-state index in [1.165, 1.54) is 23.2 Å². The topological polar surface area (TPSA) is 93.6 Å². The van der Waals surface area contributed by atoms with Crippen LogP contribution >= 0.6 is 0 Å². The molecule has 12 heteroatoms. The van der Waals surface area contributed by atoms with Crippen molar-refractivity contribution in [2.75, 3.05) is 16.4 Å². The number of sulfone groups is 1. The average Bonchev–Trinajstić information content (AvgIpc) is 2.91. The third-order valence-electron chi connectivity index (χ3n) is 6.16. The second-order valence-electron chi connectivity index (χ2n) is 9.78. The van der Waals surface area contributed by atoms with Gasteiger partial charge in [-0.15, -0.1) is 0 Å². The highest BCUT2D eigenvalue weighted by Crippen LogP contribution is 2.46. The van der Waals surface area contributed by atoms with Crippen LogP contribution in [-0.4, -0.2) is 49.1 Å². The van der Waals surface area contributed by atoms with Gasteiger partial charge in [-0.05, 0) is 37.6 Å². The molecular formula is C23H22F4N2O5S. The first kappa shape index (κ1) is 25.1. The zero-order chi connectivity index (χ0) is 26.0. The Hall–Kier alpha value is -3.02. The fourth-order valence-corrected chi connectivity index (χ4v) is 6.81. The highest BCUT2D eigenvalue weighted by atomic mass is 32.2. The van der Waals surface area contributed by atoms with Crippen molar-refractivity contribution in [3.05, 3.63) is 47.8 Å². The van der Waals surface area contributed by atoms with Crippen molar-refractivity contribution in [3.8, 4) is 5.75 Å². The fourth-order valence-electron chi connectivity index (χ4n) is 4.56. The lowest BCUT2D eigenvalue weighted by Crippen LogP contribution is -2.47. The van der Waals surface area contributed by atoms with Crippen molar-refractivity contribution in [1.29, 1.82) is 0 Å². The molecule has 35 heavy (non-hydrogen) atoms. The summed E-state index contributed by atoms with van der Waals surface area (Å²) in [5.41, 5.74) is -0.561. The zero-order valence-electron chi connectivity index (χ0n) is 19.0. The quantitative estimate of drug-likeness (QED) is 0.405. The van der Waals surface area contributed by atoms with Crippen LogP contribution in [0.25, 0.3) is 0 Å². The Balaban J connectivity index is 1.65. The SMILES string of the molecule is CC1(CC(=O)c2ccc3c(c2)C(C)(C)C(=O)N3c2cncc(OC(F)(F)C(F)F)c2)CS(=O)(=O)C1. The van der Waals surface area contributed by atoms with Gasteiger partial charge in [0.1, 0.15) is 5.75 Å². The van der Waals surface area contributed by atoms with Crippen LogP contribution in [0.3, 0.4) is 0 Å². The average molecular weight is 514 g/mol. The van der Waals surface area contributed by atoms with Crippen molar-refractivity contribution >= 4 is 32.9 Å². The molecule has 3 heterocycles. The predicted octanol–water partition coefficient (Wildman–Crippen LogP) is 4.28. The first-order valence-electron chi connectivity index (χ1n) is 10.6. The Kier molecular flexibility index (Phi) is 5.74. The third-order valence-corrected chi connectivity index (χ3v) is 8.43. The lowest BCUT2D eigenvalue weighted by Gasteiger charge is -2.37. The number of carbonyl (C=O) groups excluding carboxylic acids is 2. The van der Waals surface area contributed by atoms with E-state index >= 15 is 0 Å². The first-order valence-corrected chi connectivity index (χ1v) is 12.4. The summed E-state index contributed by atoms with van der Waals surface area (Å²) in [6, 6.07) is 5.59. The number of pyridine rings is 1. The van der Waals surface area contributed by atoms with Gasteiger partial charge in [0.05, 0.1) is 40.7 Å². The van der Waals surface area contributed by atoms with Crippen LogP contribution in [0.2, 0.25) is 0 Å². The number of rotatable bonds is 7. The number of amides is 1. The number of Topliss-reactive ketones (excluding diaryl/α,β-unsaturated/α-hetero) is 1. The maximum atomic E-state index is 13.3. The van der Waals surface area contributed by atoms with Gasteiger partial charge < -0.3 is 4.74 Å². The maximum Gasteiger partial charge on any atom is 0.461 e. The minimum Gasteiger partial charge on any atom is -0.427 e. The number of ketones is 1. The van der Waals surface area contributed by atoms with E-state index in [9.17, 15) is 35.6 Å². The number of carbonyl (C=O) groups is 2. The molecule has 0 bridgehead atoms. The number of nitrogens with zero attached hydrogens (tertiary/aromatic N) is 2. The first-order chi connectivity index (χ1) is 16.0. The number of aromatic nitrogens is 1. The predicted molar refractivity (Wildman–Crippen MR) is 118 cm³/mol. The summed E-state index contributed by atoms with van der Waals surface area (Å²) in [7, 11) is -3.12. The Morgan fingerprint density at radius 2 is 1.83 bits per heavy atom. The van der Waals surface area contributed by atoms with E-state index in [1.807, 2.05) is 0 Å². The maximum absolute atomic E-state index is 13.3. The molecule has 1 fully saturated rings. The fraction of sp³-hybridized carbons (Fsp3) is 0.435. The number of benzene rings is 1. The molecule has 0 spiro atoms. The largest absolute Gasteiger partial charge is 0.461 e. The smallest absolute Gasteiger partial charge is 0.427 e. The number of hydrogen-bond donors (Lipinski definition) is 0. The third kappa shape index (κ3) is 4.51. The van der Waals surface area contributed by atoms with E-state index in [0.29, 0.717) is 16.8 Å². The molecule has 0 N–H and O–H groups in total. The van der Waals surface area contributed by atoms with Gasteiger partial charge in [0.15, 0.2) is 15.6 Å². The second-order valence-corrected chi connectivity index (χ2v) is 11.8. The molecule has 1 aromatic carbocycles. The van der Waals surface area contributed by atoms with Crippen LogP contribution in [0.5, 0.6) is 5.75 Å². The van der Waals surface area contributed by atoms with Gasteiger partial charge in [-0.2, -0.15) is 17.6 Å². The van der Waals surface area contributed by atoms with E-state index in [2.05, 4.69) is 9.72 Å². The van der Waals surface area contributed by atoms with Gasteiger partial charge in [0.2, 0.25) is 5.91 Å². The normalized spacial score (nSPS) is 19.9. The number of hydrogen-bond acceptors (Lipinski definition) is 6. The molecule has 0 radical (unpaired) electrons. The Morgan fingerprint density at radius 3 is 2.43 bits per heavy atom. The van der Waals surface area contributed by atoms with Gasteiger partial charge in [0.25, 0.3) is 0 Å². The van der Waals surface area contributed by atoms with Crippen molar-refractivity contribution in [2.45, 2.75) is 45.1 Å². The minimum atomic E-state index is -4.74. The highest BCUT2D eigenvalue weighted by molar-refractivity contribution is 7.92. The van der Waals surface area contributed by atoms with Crippen molar-refractivity contribution in [2.24, 2.45) is 5.41 Å². The molecule has 2 aliphatic heterocycles. The van der Waals surface area contributed by atoms with E-state index < -0.39 is 44.9 Å². The molecule has 1 saturated heterocycles. The van der Waals surface area contributed by atoms with Crippen LogP contribution in [0.4, 0.5) is 28.9 Å². The number of ether oxygens (including phenoxy) is 1. The van der Waals surface area contributed by atoms with E-state index in [-0.39, 0.29) is 29.4 Å². The lowest BCUT2D eigenvalue weighted by atomic mass is 9.83. The van der Waals surface area contributed by atoms with Crippen molar-refractivity contribution < 1.29 is 40.3 Å². The summed E-state index contributed by atoms with van der Waals surface area (Å²) in [4.78, 5) is 31.1. The van der Waals surface area contributed by atoms with Crippen LogP contribution in [0.15, 0.2) is 36.7 Å². The van der Waals surface area contributed by atoms with Gasteiger partial charge in [-0.1, -0.05) is 6.92 Å². The molecule has 2 aromatic rings. The molecular weight excluding hydrogens is 492 g/mol. The number of alkyl halides is 4. The molecule has 0 atom stereocenters. The van der Waals surface area contributed by atoms with Crippen LogP contribution in [-0.2, 0) is 20.0 Å². The van der Waals surface area contributed by atoms with Crippen molar-refractivity contribution in [3.63, 3.8) is 0 Å². The van der Waals surface area contributed by atoms with Crippen molar-refractivity contribution in [1.82, 2.24) is 4.98 Å². The second kappa shape index (κ2) is 8.00. The molecule has 4 rings (SSSR count). The number of fused-ring (bicyclic) bond motifs is 1. The highest BCUT2D eigenvalue weighted by Gasteiger charge is 2.48. The van der Waals surface area contributed by atoms with E-state index in [4.69, 9.17) is 0 Å². The lowest BCUT2D eigenvalue weighted by molar-refractivity contribution is -0.253. The monoisotopic (exact) mass is 514 g/mol. The number of anilines is 2. The molecule has 0 unspecified atom stereocenters. The van der Waals surface area contributed by atoms with Gasteiger partial charge >= 0.3 is 12.5 Å². The summed E-state index contributed by atoms with van der Waals surface area (Å²) in [5, 5.41) is 0. The standard InChI is InChI=1S/C23H22F4N2O5S/c1-21(2)16-6-13(18(30)8-22(3)11-35(32,33)12-22)4-5-17(16)29(20(21)31)14-7-15(10-28-9-14)34-23(26,27)19(24)25/h4-7,9-10,19H,8,11-12H2,1-3H3. The summed E-state index contributed by atoms with van der Waals surface area (Å²) in [5.74, 6) is -1.50. The van der Waals surface area contributed by atoms with Gasteiger partial charge in [-0.3, -0.25) is 19.5 Å². The molecule has 2 aliphatic rings. The van der Waals surface area contributed by atoms with Crippen LogP contribution in [0, 0.1) is 5.41 Å². The van der Waals surface area contributed by atoms with E-state index in [0.717, 1.165) is 12.3 Å². The Labute approximate surface area is 199 Å². The molecule has 7 nitrogen and oxygen atoms in total. The Morgan fingerprint density at radius 1 is 1.17 bits per heavy atom. The molecule has 1 aromatic heterocycles. The van der Waals surface area contributed by atoms with Crippen LogP contribution in [0.1, 0.15) is 43.1 Å². The van der Waals surface area contributed by atoms with Gasteiger partial charge in [0, 0.05) is 23.5 Å². The summed E-state index contributed by atoms with van der Waals surface area (Å²) in [6.45, 7) is 4.98. The van der Waals surface area contributed by atoms with E-state index in [1.54, 1.807) is 26.8 Å². The Bertz CT molecular complexity index is 1310. The number of halogens is 4. The zero-order valence-corrected chi connectivity index (χ0v) is 19.8. The summed E-state index contributed by atoms with van der Waals surface area (Å²) < 4.78 is 78.9. The molecule has 0 saturated carbocycles. The minimum absolute atomic E-state index is 0.0238. The van der Waals surface area contributed by atoms with Gasteiger partial charge in [-0.25, -0.2) is 8.42 Å². The summed E-state index contributed by atoms with van der Waals surface area (Å²) >= 11 is 0. The molecule has 1 amide bonds.